The summed E-state index contributed by atoms with van der Waals surface area (Å²) in [5.74, 6) is 0.507. The number of methoxy groups -OCH3 is 1. The van der Waals surface area contributed by atoms with Crippen LogP contribution in [-0.2, 0) is 4.79 Å². The van der Waals surface area contributed by atoms with Gasteiger partial charge >= 0.3 is 6.03 Å². The van der Waals surface area contributed by atoms with Gasteiger partial charge < -0.3 is 25.2 Å². The maximum absolute atomic E-state index is 13.2. The van der Waals surface area contributed by atoms with Crippen molar-refractivity contribution in [3.63, 3.8) is 0 Å². The molecule has 4 amide bonds. The molecule has 2 fully saturated rings. The van der Waals surface area contributed by atoms with Gasteiger partial charge in [-0.05, 0) is 36.4 Å². The molecule has 0 radical (unpaired) electrons. The third kappa shape index (κ3) is 4.63. The molecule has 0 aliphatic carbocycles. The Morgan fingerprint density at radius 1 is 1.00 bits per heavy atom. The number of nitrogens with zero attached hydrogens (tertiary/aromatic N) is 2. The number of rotatable bonds is 3. The number of carbonyl (C=O) groups is 3. The molecule has 8 nitrogen and oxygen atoms in total. The van der Waals surface area contributed by atoms with Gasteiger partial charge in [0.15, 0.2) is 0 Å². The number of amides is 4. The summed E-state index contributed by atoms with van der Waals surface area (Å²) in [6, 6.07) is 16.0. The van der Waals surface area contributed by atoms with Crippen LogP contribution in [0.2, 0.25) is 0 Å². The second-order valence-corrected chi connectivity index (χ2v) is 8.13. The van der Waals surface area contributed by atoms with E-state index in [9.17, 15) is 14.4 Å². The number of carbonyl (C=O) groups excluding carboxylic acids is 3. The molecule has 2 heterocycles. The van der Waals surface area contributed by atoms with Crippen LogP contribution in [0, 0.1) is 5.41 Å². The van der Waals surface area contributed by atoms with Crippen molar-refractivity contribution in [1.82, 2.24) is 15.1 Å². The van der Waals surface area contributed by atoms with Crippen molar-refractivity contribution in [3.05, 3.63) is 60.2 Å². The van der Waals surface area contributed by atoms with Crippen molar-refractivity contribution < 1.29 is 19.1 Å². The number of anilines is 1. The number of nitrogens with one attached hydrogen (secondary N) is 2. The molecule has 0 saturated carbocycles. The quantitative estimate of drug-likeness (QED) is 0.793. The molecule has 1 spiro atoms. The van der Waals surface area contributed by atoms with Gasteiger partial charge in [0.2, 0.25) is 5.91 Å². The van der Waals surface area contributed by atoms with Gasteiger partial charge in [-0.2, -0.15) is 0 Å². The zero-order chi connectivity index (χ0) is 21.8. The lowest BCUT2D eigenvalue weighted by molar-refractivity contribution is -0.119. The molecule has 2 N–H and O–H groups in total. The number of ether oxygens (including phenoxy) is 1. The third-order valence-electron chi connectivity index (χ3n) is 5.82. The predicted molar refractivity (Wildman–Crippen MR) is 116 cm³/mol. The molecule has 0 bridgehead atoms. The van der Waals surface area contributed by atoms with E-state index in [2.05, 4.69) is 10.6 Å². The Kier molecular flexibility index (Phi) is 5.79. The zero-order valence-corrected chi connectivity index (χ0v) is 17.5. The van der Waals surface area contributed by atoms with Crippen LogP contribution in [0.5, 0.6) is 5.75 Å². The second kappa shape index (κ2) is 8.67. The third-order valence-corrected chi connectivity index (χ3v) is 5.82. The molecular weight excluding hydrogens is 396 g/mol. The fourth-order valence-electron chi connectivity index (χ4n) is 4.22. The highest BCUT2D eigenvalue weighted by Crippen LogP contribution is 2.32. The average Bonchev–Trinajstić information content (AvgIpc) is 3.04. The molecule has 31 heavy (non-hydrogen) atoms. The monoisotopic (exact) mass is 422 g/mol. The fraction of sp³-hybridized carbons (Fsp3) is 0.348. The Morgan fingerprint density at radius 3 is 2.32 bits per heavy atom. The van der Waals surface area contributed by atoms with Crippen molar-refractivity contribution >= 4 is 23.5 Å². The molecule has 1 atom stereocenters. The summed E-state index contributed by atoms with van der Waals surface area (Å²) in [5, 5.41) is 5.79. The molecule has 2 aliphatic heterocycles. The molecule has 4 rings (SSSR count). The number of benzene rings is 2. The Bertz CT molecular complexity index is 963. The molecule has 1 unspecified atom stereocenters. The van der Waals surface area contributed by atoms with Crippen molar-refractivity contribution in [1.29, 1.82) is 0 Å². The van der Waals surface area contributed by atoms with Crippen LogP contribution >= 0.6 is 0 Å². The standard InChI is InChI=1S/C23H26N4O4/c1-31-19-9-7-17(8-10-19)21(29)26-11-12-27(16-23(15-26)13-20(28)24-14-23)22(30)25-18-5-3-2-4-6-18/h2-10H,11-16H2,1H3,(H,24,28)(H,25,30). The summed E-state index contributed by atoms with van der Waals surface area (Å²) in [6.45, 7) is 2.02. The van der Waals surface area contributed by atoms with E-state index in [4.69, 9.17) is 4.74 Å². The van der Waals surface area contributed by atoms with Crippen LogP contribution in [-0.4, -0.2) is 67.5 Å². The highest BCUT2D eigenvalue weighted by atomic mass is 16.5. The highest BCUT2D eigenvalue weighted by molar-refractivity contribution is 5.95. The van der Waals surface area contributed by atoms with Crippen molar-refractivity contribution in [2.24, 2.45) is 5.41 Å². The molecule has 2 aromatic carbocycles. The van der Waals surface area contributed by atoms with Gasteiger partial charge in [0.1, 0.15) is 5.75 Å². The largest absolute Gasteiger partial charge is 0.497 e. The van der Waals surface area contributed by atoms with Gasteiger partial charge in [0.05, 0.1) is 7.11 Å². The van der Waals surface area contributed by atoms with E-state index in [1.165, 1.54) is 0 Å². The Balaban J connectivity index is 1.54. The van der Waals surface area contributed by atoms with Crippen LogP contribution in [0.15, 0.2) is 54.6 Å². The van der Waals surface area contributed by atoms with Crippen LogP contribution in [0.3, 0.4) is 0 Å². The summed E-state index contributed by atoms with van der Waals surface area (Å²) >= 11 is 0. The van der Waals surface area contributed by atoms with Gasteiger partial charge in [-0.1, -0.05) is 18.2 Å². The van der Waals surface area contributed by atoms with E-state index in [1.54, 1.807) is 41.2 Å². The average molecular weight is 422 g/mol. The van der Waals surface area contributed by atoms with Gasteiger partial charge in [-0.25, -0.2) is 4.79 Å². The minimum absolute atomic E-state index is 0.0536. The minimum Gasteiger partial charge on any atom is -0.497 e. The second-order valence-electron chi connectivity index (χ2n) is 8.13. The molecule has 2 aliphatic rings. The van der Waals surface area contributed by atoms with Gasteiger partial charge in [0.25, 0.3) is 5.91 Å². The van der Waals surface area contributed by atoms with Crippen LogP contribution in [0.25, 0.3) is 0 Å². The SMILES string of the molecule is COc1ccc(C(=O)N2CCN(C(=O)Nc3ccccc3)CC3(CNC(=O)C3)C2)cc1. The first-order valence-electron chi connectivity index (χ1n) is 10.3. The van der Waals surface area contributed by atoms with Gasteiger partial charge in [-0.15, -0.1) is 0 Å². The van der Waals surface area contributed by atoms with E-state index in [0.717, 1.165) is 0 Å². The molecule has 0 aromatic heterocycles. The van der Waals surface area contributed by atoms with E-state index in [0.29, 0.717) is 49.7 Å². The molecule has 8 heteroatoms. The van der Waals surface area contributed by atoms with E-state index in [-0.39, 0.29) is 24.3 Å². The topological polar surface area (TPSA) is 91.0 Å². The van der Waals surface area contributed by atoms with Gasteiger partial charge in [-0.3, -0.25) is 9.59 Å². The van der Waals surface area contributed by atoms with E-state index in [1.807, 2.05) is 30.3 Å². The summed E-state index contributed by atoms with van der Waals surface area (Å²) < 4.78 is 5.17. The fourth-order valence-corrected chi connectivity index (χ4v) is 4.22. The maximum Gasteiger partial charge on any atom is 0.321 e. The van der Waals surface area contributed by atoms with Gasteiger partial charge in [0, 0.05) is 55.8 Å². The van der Waals surface area contributed by atoms with Crippen molar-refractivity contribution in [2.75, 3.05) is 45.2 Å². The number of urea groups is 1. The lowest BCUT2D eigenvalue weighted by atomic mass is 9.86. The zero-order valence-electron chi connectivity index (χ0n) is 17.5. The summed E-state index contributed by atoms with van der Waals surface area (Å²) in [4.78, 5) is 41.7. The Labute approximate surface area is 181 Å². The molecule has 2 saturated heterocycles. The first kappa shape index (κ1) is 20.7. The summed E-state index contributed by atoms with van der Waals surface area (Å²) in [6.07, 6.45) is 0.286. The Hall–Kier alpha value is -3.55. The number of hydrogen-bond acceptors (Lipinski definition) is 4. The van der Waals surface area contributed by atoms with E-state index < -0.39 is 5.41 Å². The molecule has 2 aromatic rings. The predicted octanol–water partition coefficient (Wildman–Crippen LogP) is 2.19. The molecule has 162 valence electrons. The summed E-state index contributed by atoms with van der Waals surface area (Å²) in [5.41, 5.74) is 0.747. The first-order valence-corrected chi connectivity index (χ1v) is 10.3. The van der Waals surface area contributed by atoms with Crippen LogP contribution in [0.4, 0.5) is 10.5 Å². The lowest BCUT2D eigenvalue weighted by Crippen LogP contribution is -2.46. The molecular formula is C23H26N4O4. The smallest absolute Gasteiger partial charge is 0.321 e. The van der Waals surface area contributed by atoms with Crippen molar-refractivity contribution in [3.8, 4) is 5.75 Å². The van der Waals surface area contributed by atoms with Crippen LogP contribution < -0.4 is 15.4 Å². The van der Waals surface area contributed by atoms with Crippen LogP contribution in [0.1, 0.15) is 16.8 Å². The highest BCUT2D eigenvalue weighted by Gasteiger charge is 2.45. The van der Waals surface area contributed by atoms with Crippen molar-refractivity contribution in [2.45, 2.75) is 6.42 Å². The minimum atomic E-state index is -0.510. The maximum atomic E-state index is 13.2. The number of hydrogen-bond donors (Lipinski definition) is 2. The first-order chi connectivity index (χ1) is 15.0. The summed E-state index contributed by atoms with van der Waals surface area (Å²) in [7, 11) is 1.58. The number of para-hydroxylation sites is 1. The Morgan fingerprint density at radius 2 is 1.68 bits per heavy atom. The lowest BCUT2D eigenvalue weighted by Gasteiger charge is -2.32. The van der Waals surface area contributed by atoms with E-state index >= 15 is 0 Å². The normalized spacial score (nSPS) is 20.9.